The summed E-state index contributed by atoms with van der Waals surface area (Å²) >= 11 is 0. The maximum Gasteiger partial charge on any atom is 0.433 e. The third-order valence-electron chi connectivity index (χ3n) is 4.85. The molecular weight excluding hydrogens is 401 g/mol. The fraction of sp³-hybridized carbons (Fsp3) is 0.350. The van der Waals surface area contributed by atoms with Crippen molar-refractivity contribution in [3.8, 4) is 11.4 Å². The average Bonchev–Trinajstić information content (AvgIpc) is 3.34. The minimum absolute atomic E-state index is 0.0130. The van der Waals surface area contributed by atoms with Crippen LogP contribution in [0.1, 0.15) is 42.1 Å². The van der Waals surface area contributed by atoms with E-state index in [0.717, 1.165) is 18.9 Å². The highest BCUT2D eigenvalue weighted by atomic mass is 19.4. The van der Waals surface area contributed by atoms with Crippen LogP contribution in [0, 0.1) is 0 Å². The van der Waals surface area contributed by atoms with Crippen molar-refractivity contribution >= 4 is 11.6 Å². The van der Waals surface area contributed by atoms with Gasteiger partial charge < -0.3 is 14.5 Å². The van der Waals surface area contributed by atoms with Gasteiger partial charge in [0.05, 0.1) is 29.8 Å². The summed E-state index contributed by atoms with van der Waals surface area (Å²) in [7, 11) is 0. The Morgan fingerprint density at radius 3 is 2.77 bits per heavy atom. The molecule has 3 aromatic heterocycles. The zero-order valence-electron chi connectivity index (χ0n) is 16.0. The third kappa shape index (κ3) is 4.09. The summed E-state index contributed by atoms with van der Waals surface area (Å²) in [5, 5.41) is 7.10. The van der Waals surface area contributed by atoms with Crippen molar-refractivity contribution in [1.82, 2.24) is 14.8 Å². The van der Waals surface area contributed by atoms with Gasteiger partial charge in [-0.3, -0.25) is 9.48 Å². The number of nitrogens with zero attached hydrogens (tertiary/aromatic N) is 3. The van der Waals surface area contributed by atoms with Gasteiger partial charge in [0.25, 0.3) is 5.91 Å². The van der Waals surface area contributed by atoms with Gasteiger partial charge >= 0.3 is 6.18 Å². The molecule has 0 aliphatic heterocycles. The number of halogens is 3. The summed E-state index contributed by atoms with van der Waals surface area (Å²) in [6.45, 7) is 2.53. The Labute approximate surface area is 169 Å². The predicted molar refractivity (Wildman–Crippen MR) is 101 cm³/mol. The molecule has 10 heteroatoms. The molecule has 0 saturated heterocycles. The van der Waals surface area contributed by atoms with Crippen LogP contribution in [0.3, 0.4) is 0 Å². The number of hydrogen-bond acceptors (Lipinski definition) is 5. The quantitative estimate of drug-likeness (QED) is 0.633. The number of furan rings is 1. The lowest BCUT2D eigenvalue weighted by atomic mass is 9.89. The van der Waals surface area contributed by atoms with E-state index in [1.165, 1.54) is 24.5 Å². The predicted octanol–water partition coefficient (Wildman–Crippen LogP) is 4.55. The molecule has 1 amide bonds. The molecule has 0 unspecified atom stereocenters. The fourth-order valence-electron chi connectivity index (χ4n) is 3.30. The van der Waals surface area contributed by atoms with E-state index >= 15 is 0 Å². The summed E-state index contributed by atoms with van der Waals surface area (Å²) < 4.78 is 51.6. The molecule has 1 fully saturated rings. The molecule has 1 saturated carbocycles. The standard InChI is InChI=1S/C20H19F3N4O3/c1-2-29-13-9-12(10-13)27-11-15(25-19(28)16-6-4-8-30-16)18(26-27)14-5-3-7-17(24-14)20(21,22)23/h3-8,11-13H,2,9-10H2,1H3,(H,25,28)/t12-,13+. The van der Waals surface area contributed by atoms with Crippen molar-refractivity contribution in [2.75, 3.05) is 11.9 Å². The van der Waals surface area contributed by atoms with E-state index in [1.807, 2.05) is 6.92 Å². The Balaban J connectivity index is 1.66. The highest BCUT2D eigenvalue weighted by Gasteiger charge is 2.34. The van der Waals surface area contributed by atoms with Crippen LogP contribution in [0.15, 0.2) is 47.2 Å². The van der Waals surface area contributed by atoms with Gasteiger partial charge in [0.15, 0.2) is 5.76 Å². The summed E-state index contributed by atoms with van der Waals surface area (Å²) in [5.74, 6) is -0.459. The number of ether oxygens (including phenoxy) is 1. The van der Waals surface area contributed by atoms with E-state index in [1.54, 1.807) is 16.9 Å². The van der Waals surface area contributed by atoms with Gasteiger partial charge in [0.2, 0.25) is 0 Å². The van der Waals surface area contributed by atoms with Crippen molar-refractivity contribution in [3.05, 3.63) is 54.2 Å². The lowest BCUT2D eigenvalue weighted by Crippen LogP contribution is -2.33. The number of anilines is 1. The molecule has 0 atom stereocenters. The van der Waals surface area contributed by atoms with Crippen molar-refractivity contribution in [3.63, 3.8) is 0 Å². The molecular formula is C20H19F3N4O3. The van der Waals surface area contributed by atoms with Crippen LogP contribution in [0.25, 0.3) is 11.4 Å². The highest BCUT2D eigenvalue weighted by molar-refractivity contribution is 6.03. The zero-order valence-corrected chi connectivity index (χ0v) is 16.0. The smallest absolute Gasteiger partial charge is 0.433 e. The molecule has 0 radical (unpaired) electrons. The average molecular weight is 420 g/mol. The minimum atomic E-state index is -4.59. The molecule has 1 aliphatic rings. The summed E-state index contributed by atoms with van der Waals surface area (Å²) in [4.78, 5) is 16.1. The molecule has 3 heterocycles. The van der Waals surface area contributed by atoms with E-state index in [0.29, 0.717) is 6.61 Å². The number of pyridine rings is 1. The van der Waals surface area contributed by atoms with Crippen LogP contribution in [-0.2, 0) is 10.9 Å². The number of carbonyl (C=O) groups excluding carboxylic acids is 1. The van der Waals surface area contributed by atoms with Gasteiger partial charge in [-0.2, -0.15) is 18.3 Å². The second-order valence-electron chi connectivity index (χ2n) is 6.91. The molecule has 0 bridgehead atoms. The second-order valence-corrected chi connectivity index (χ2v) is 6.91. The van der Waals surface area contributed by atoms with Crippen LogP contribution >= 0.6 is 0 Å². The molecule has 1 aliphatic carbocycles. The second kappa shape index (κ2) is 7.94. The summed E-state index contributed by atoms with van der Waals surface area (Å²) in [6, 6.07) is 6.65. The normalized spacial score (nSPS) is 18.8. The first kappa shape index (κ1) is 20.1. The minimum Gasteiger partial charge on any atom is -0.459 e. The van der Waals surface area contributed by atoms with Gasteiger partial charge in [0.1, 0.15) is 11.4 Å². The largest absolute Gasteiger partial charge is 0.459 e. The Hall–Kier alpha value is -3.14. The highest BCUT2D eigenvalue weighted by Crippen LogP contribution is 2.37. The van der Waals surface area contributed by atoms with Crippen molar-refractivity contribution in [2.24, 2.45) is 0 Å². The monoisotopic (exact) mass is 420 g/mol. The van der Waals surface area contributed by atoms with E-state index in [4.69, 9.17) is 9.15 Å². The van der Waals surface area contributed by atoms with E-state index in [-0.39, 0.29) is 35.0 Å². The maximum atomic E-state index is 13.1. The van der Waals surface area contributed by atoms with Gasteiger partial charge in [-0.1, -0.05) is 6.07 Å². The number of alkyl halides is 3. The Bertz CT molecular complexity index is 1020. The number of hydrogen-bond donors (Lipinski definition) is 1. The first-order valence-corrected chi connectivity index (χ1v) is 9.45. The third-order valence-corrected chi connectivity index (χ3v) is 4.85. The van der Waals surface area contributed by atoms with Gasteiger partial charge in [-0.25, -0.2) is 4.98 Å². The number of amides is 1. The molecule has 1 N–H and O–H groups in total. The number of nitrogens with one attached hydrogen (secondary N) is 1. The first-order chi connectivity index (χ1) is 14.3. The van der Waals surface area contributed by atoms with Crippen LogP contribution in [0.5, 0.6) is 0 Å². The van der Waals surface area contributed by atoms with E-state index in [2.05, 4.69) is 15.4 Å². The van der Waals surface area contributed by atoms with Gasteiger partial charge in [0, 0.05) is 12.8 Å². The Morgan fingerprint density at radius 1 is 1.30 bits per heavy atom. The molecule has 3 aromatic rings. The Kier molecular flexibility index (Phi) is 5.33. The van der Waals surface area contributed by atoms with E-state index in [9.17, 15) is 18.0 Å². The number of aromatic nitrogens is 3. The molecule has 0 aromatic carbocycles. The number of carbonyl (C=O) groups is 1. The number of rotatable bonds is 6. The molecule has 7 nitrogen and oxygen atoms in total. The SMILES string of the molecule is CCO[C@H]1C[C@@H](n2cc(NC(=O)c3ccco3)c(-c3cccc(C(F)(F)F)n3)n2)C1. The van der Waals surface area contributed by atoms with Crippen LogP contribution in [0.2, 0.25) is 0 Å². The van der Waals surface area contributed by atoms with E-state index < -0.39 is 17.8 Å². The van der Waals surface area contributed by atoms with Crippen molar-refractivity contribution in [1.29, 1.82) is 0 Å². The summed E-state index contributed by atoms with van der Waals surface area (Å²) in [6.07, 6.45) is -0.0385. The van der Waals surface area contributed by atoms with Gasteiger partial charge in [-0.15, -0.1) is 0 Å². The summed E-state index contributed by atoms with van der Waals surface area (Å²) in [5.41, 5.74) is -0.610. The lowest BCUT2D eigenvalue weighted by Gasteiger charge is -2.34. The molecule has 0 spiro atoms. The van der Waals surface area contributed by atoms with Crippen LogP contribution in [-0.4, -0.2) is 33.4 Å². The first-order valence-electron chi connectivity index (χ1n) is 9.45. The molecule has 158 valence electrons. The van der Waals surface area contributed by atoms with Crippen molar-refractivity contribution in [2.45, 2.75) is 38.1 Å². The topological polar surface area (TPSA) is 82.2 Å². The maximum absolute atomic E-state index is 13.1. The molecule has 30 heavy (non-hydrogen) atoms. The lowest BCUT2D eigenvalue weighted by molar-refractivity contribution is -0.141. The van der Waals surface area contributed by atoms with Crippen LogP contribution in [0.4, 0.5) is 18.9 Å². The zero-order chi connectivity index (χ0) is 21.3. The fourth-order valence-corrected chi connectivity index (χ4v) is 3.30. The van der Waals surface area contributed by atoms with Crippen LogP contribution < -0.4 is 5.32 Å². The Morgan fingerprint density at radius 2 is 2.10 bits per heavy atom. The molecule has 4 rings (SSSR count). The van der Waals surface area contributed by atoms with Crippen molar-refractivity contribution < 1.29 is 27.1 Å². The van der Waals surface area contributed by atoms with Gasteiger partial charge in [-0.05, 0) is 44.0 Å².